The molecule has 3 N–H and O–H groups in total. The van der Waals surface area contributed by atoms with Gasteiger partial charge >= 0.3 is 0 Å². The van der Waals surface area contributed by atoms with E-state index in [1.54, 1.807) is 31.5 Å². The normalized spacial score (nSPS) is 13.4. The summed E-state index contributed by atoms with van der Waals surface area (Å²) in [6.07, 6.45) is 7.30. The van der Waals surface area contributed by atoms with Crippen LogP contribution in [0, 0.1) is 17.0 Å². The van der Waals surface area contributed by atoms with Gasteiger partial charge < -0.3 is 25.4 Å². The van der Waals surface area contributed by atoms with Gasteiger partial charge in [0, 0.05) is 49.9 Å². The first kappa shape index (κ1) is 30.4. The number of nitrogens with zero attached hydrogens (tertiary/aromatic N) is 3. The first-order chi connectivity index (χ1) is 21.3. The molecule has 44 heavy (non-hydrogen) atoms. The predicted molar refractivity (Wildman–Crippen MR) is 161 cm³/mol. The van der Waals surface area contributed by atoms with Crippen molar-refractivity contribution in [2.24, 2.45) is 5.41 Å². The smallest absolute Gasteiger partial charge is 0.240 e. The van der Waals surface area contributed by atoms with E-state index in [9.17, 15) is 18.4 Å². The van der Waals surface area contributed by atoms with Crippen LogP contribution in [0.15, 0.2) is 73.2 Å². The van der Waals surface area contributed by atoms with Crippen molar-refractivity contribution in [1.29, 1.82) is 0 Å². The Morgan fingerprint density at radius 1 is 0.886 bits per heavy atom. The molecule has 0 bridgehead atoms. The third kappa shape index (κ3) is 7.85. The number of nitrogens with one attached hydrogen (secondary N) is 3. The average molecular weight is 601 g/mol. The number of hydrogen-bond acceptors (Lipinski definition) is 8. The Labute approximate surface area is 252 Å². The fourth-order valence-electron chi connectivity index (χ4n) is 4.21. The van der Waals surface area contributed by atoms with Crippen molar-refractivity contribution < 1.29 is 27.8 Å². The van der Waals surface area contributed by atoms with E-state index < -0.39 is 28.9 Å². The number of methoxy groups -OCH3 is 1. The zero-order valence-corrected chi connectivity index (χ0v) is 23.8. The molecule has 0 radical (unpaired) electrons. The number of halogens is 2. The summed E-state index contributed by atoms with van der Waals surface area (Å²) >= 11 is 0. The minimum atomic E-state index is -1.27. The van der Waals surface area contributed by atoms with Crippen molar-refractivity contribution in [3.8, 4) is 11.6 Å². The van der Waals surface area contributed by atoms with E-state index in [2.05, 4.69) is 30.9 Å². The maximum Gasteiger partial charge on any atom is 0.240 e. The van der Waals surface area contributed by atoms with Crippen molar-refractivity contribution in [3.05, 3.63) is 102 Å². The van der Waals surface area contributed by atoms with Crippen LogP contribution >= 0.6 is 0 Å². The van der Waals surface area contributed by atoms with E-state index in [4.69, 9.17) is 9.47 Å². The lowest BCUT2D eigenvalue weighted by atomic mass is 10.0. The lowest BCUT2D eigenvalue weighted by Crippen LogP contribution is -2.35. The molecule has 10 nitrogen and oxygen atoms in total. The number of benzene rings is 2. The summed E-state index contributed by atoms with van der Waals surface area (Å²) in [5, 5.41) is 8.50. The third-order valence-corrected chi connectivity index (χ3v) is 6.87. The molecule has 0 spiro atoms. The Hall–Kier alpha value is -5.07. The Morgan fingerprint density at radius 3 is 2.30 bits per heavy atom. The van der Waals surface area contributed by atoms with Crippen LogP contribution < -0.4 is 20.7 Å². The minimum absolute atomic E-state index is 0.108. The first-order valence-corrected chi connectivity index (χ1v) is 13.9. The number of carbonyl (C=O) groups excluding carboxylic acids is 2. The largest absolute Gasteiger partial charge is 0.436 e. The third-order valence-electron chi connectivity index (χ3n) is 6.87. The number of ether oxygens (including phenoxy) is 2. The second kappa shape index (κ2) is 13.9. The number of carbonyl (C=O) groups is 2. The molecule has 0 saturated heterocycles. The molecule has 1 fully saturated rings. The molecule has 0 atom stereocenters. The van der Waals surface area contributed by atoms with Crippen molar-refractivity contribution in [2.45, 2.75) is 19.4 Å². The van der Waals surface area contributed by atoms with Crippen LogP contribution in [0.4, 0.5) is 20.2 Å². The zero-order chi connectivity index (χ0) is 30.9. The van der Waals surface area contributed by atoms with Gasteiger partial charge in [-0.2, -0.15) is 0 Å². The van der Waals surface area contributed by atoms with Gasteiger partial charge in [0.2, 0.25) is 17.7 Å². The Balaban J connectivity index is 1.16. The molecule has 12 heteroatoms. The Kier molecular flexibility index (Phi) is 9.62. The molecule has 2 heterocycles. The van der Waals surface area contributed by atoms with Crippen LogP contribution in [-0.2, 0) is 20.9 Å². The molecule has 2 aromatic carbocycles. The van der Waals surface area contributed by atoms with E-state index in [-0.39, 0.29) is 17.3 Å². The number of amides is 2. The molecule has 1 aliphatic rings. The monoisotopic (exact) mass is 600 g/mol. The van der Waals surface area contributed by atoms with Gasteiger partial charge in [0.25, 0.3) is 0 Å². The summed E-state index contributed by atoms with van der Waals surface area (Å²) < 4.78 is 38.7. The number of aromatic nitrogens is 3. The molecule has 2 amide bonds. The van der Waals surface area contributed by atoms with Gasteiger partial charge in [0.15, 0.2) is 11.6 Å². The van der Waals surface area contributed by atoms with E-state index >= 15 is 0 Å². The Morgan fingerprint density at radius 2 is 1.61 bits per heavy atom. The van der Waals surface area contributed by atoms with Gasteiger partial charge in [0.1, 0.15) is 17.6 Å². The maximum atomic E-state index is 14.9. The van der Waals surface area contributed by atoms with Crippen molar-refractivity contribution >= 4 is 35.3 Å². The second-order valence-corrected chi connectivity index (χ2v) is 10.1. The molecular weight excluding hydrogens is 570 g/mol. The molecule has 5 rings (SSSR count). The minimum Gasteiger partial charge on any atom is -0.436 e. The summed E-state index contributed by atoms with van der Waals surface area (Å²) in [5.41, 5.74) is 1.57. The van der Waals surface area contributed by atoms with Crippen LogP contribution in [0.3, 0.4) is 0 Å². The highest BCUT2D eigenvalue weighted by molar-refractivity contribution is 6.16. The predicted octanol–water partition coefficient (Wildman–Crippen LogP) is 5.21. The standard InChI is InChI=1S/C32H30F2N6O4/c1-43-15-14-35-18-21-2-5-23(36-19-21)8-9-25-17-29(38-20-37-25)44-28-11-10-26(16-27(28)34)40-31(42)32(12-13-32)30(41)39-24-6-3-22(33)4-7-24/h2-11,16-17,19-20,35H,12-15,18H2,1H3,(H,39,41)(H,40,42)/b9-8+. The van der Waals surface area contributed by atoms with Crippen LogP contribution in [0.5, 0.6) is 11.6 Å². The fraction of sp³-hybridized carbons (Fsp3) is 0.219. The molecule has 226 valence electrons. The van der Waals surface area contributed by atoms with Gasteiger partial charge in [-0.1, -0.05) is 6.07 Å². The highest BCUT2D eigenvalue weighted by Crippen LogP contribution is 2.47. The summed E-state index contributed by atoms with van der Waals surface area (Å²) in [6, 6.07) is 14.6. The molecule has 4 aromatic rings. The first-order valence-electron chi connectivity index (χ1n) is 13.9. The quantitative estimate of drug-likeness (QED) is 0.141. The number of anilines is 2. The second-order valence-electron chi connectivity index (χ2n) is 10.1. The summed E-state index contributed by atoms with van der Waals surface area (Å²) in [4.78, 5) is 38.4. The highest BCUT2D eigenvalue weighted by Gasteiger charge is 2.56. The summed E-state index contributed by atoms with van der Waals surface area (Å²) in [5.74, 6) is -2.22. The highest BCUT2D eigenvalue weighted by atomic mass is 19.1. The van der Waals surface area contributed by atoms with Gasteiger partial charge in [-0.3, -0.25) is 14.6 Å². The molecule has 1 aliphatic carbocycles. The molecular formula is C32H30F2N6O4. The average Bonchev–Trinajstić information content (AvgIpc) is 3.84. The van der Waals surface area contributed by atoms with Crippen molar-refractivity contribution in [3.63, 3.8) is 0 Å². The van der Waals surface area contributed by atoms with Crippen LogP contribution in [0.1, 0.15) is 29.8 Å². The maximum absolute atomic E-state index is 14.9. The summed E-state index contributed by atoms with van der Waals surface area (Å²) in [6.45, 7) is 2.08. The lowest BCUT2D eigenvalue weighted by Gasteiger charge is -2.16. The molecule has 0 aliphatic heterocycles. The molecule has 1 saturated carbocycles. The molecule has 0 unspecified atom stereocenters. The van der Waals surface area contributed by atoms with E-state index in [0.29, 0.717) is 37.4 Å². The summed E-state index contributed by atoms with van der Waals surface area (Å²) in [7, 11) is 1.66. The van der Waals surface area contributed by atoms with Crippen molar-refractivity contribution in [1.82, 2.24) is 20.3 Å². The van der Waals surface area contributed by atoms with Gasteiger partial charge in [-0.25, -0.2) is 18.7 Å². The van der Waals surface area contributed by atoms with E-state index in [0.717, 1.165) is 23.9 Å². The number of rotatable bonds is 13. The number of pyridine rings is 1. The topological polar surface area (TPSA) is 127 Å². The number of hydrogen-bond donors (Lipinski definition) is 3. The van der Waals surface area contributed by atoms with Gasteiger partial charge in [-0.15, -0.1) is 0 Å². The van der Waals surface area contributed by atoms with Gasteiger partial charge in [-0.05, 0) is 73.0 Å². The molecule has 2 aromatic heterocycles. The van der Waals surface area contributed by atoms with Gasteiger partial charge in [0.05, 0.1) is 18.0 Å². The van der Waals surface area contributed by atoms with E-state index in [1.165, 1.54) is 42.7 Å². The van der Waals surface area contributed by atoms with Crippen LogP contribution in [0.25, 0.3) is 12.2 Å². The Bertz CT molecular complexity index is 1640. The zero-order valence-electron chi connectivity index (χ0n) is 23.8. The van der Waals surface area contributed by atoms with Crippen LogP contribution in [0.2, 0.25) is 0 Å². The van der Waals surface area contributed by atoms with Crippen LogP contribution in [-0.4, -0.2) is 47.0 Å². The lowest BCUT2D eigenvalue weighted by molar-refractivity contribution is -0.131. The fourth-order valence-corrected chi connectivity index (χ4v) is 4.21. The SMILES string of the molecule is COCCNCc1ccc(/C=C/c2cc(Oc3ccc(NC(=O)C4(C(=O)Nc5ccc(F)cc5)CC4)cc3F)ncn2)nc1. The van der Waals surface area contributed by atoms with E-state index in [1.807, 2.05) is 12.1 Å². The van der Waals surface area contributed by atoms with Crippen molar-refractivity contribution in [2.75, 3.05) is 30.9 Å².